The summed E-state index contributed by atoms with van der Waals surface area (Å²) < 4.78 is 5.11. The molecule has 0 bridgehead atoms. The largest absolute Gasteiger partial charge is 0.383 e. The molecule has 0 radical (unpaired) electrons. The van der Waals surface area contributed by atoms with E-state index in [1.807, 2.05) is 6.92 Å². The van der Waals surface area contributed by atoms with Crippen LogP contribution in [-0.4, -0.2) is 44.5 Å². The zero-order chi connectivity index (χ0) is 12.6. The lowest BCUT2D eigenvalue weighted by atomic mass is 9.88. The van der Waals surface area contributed by atoms with Gasteiger partial charge < -0.3 is 9.53 Å². The van der Waals surface area contributed by atoms with Gasteiger partial charge in [0.1, 0.15) is 6.29 Å². The number of carbonyl (C=O) groups excluding carboxylic acids is 1. The van der Waals surface area contributed by atoms with E-state index in [2.05, 4.69) is 25.7 Å². The third-order valence-electron chi connectivity index (χ3n) is 2.91. The quantitative estimate of drug-likeness (QED) is 0.568. The van der Waals surface area contributed by atoms with Crippen molar-refractivity contribution in [1.29, 1.82) is 0 Å². The molecule has 0 rings (SSSR count). The molecule has 0 aromatic heterocycles. The molecule has 0 aromatic rings. The van der Waals surface area contributed by atoms with Crippen LogP contribution in [0.4, 0.5) is 0 Å². The van der Waals surface area contributed by atoms with Gasteiger partial charge in [-0.2, -0.15) is 0 Å². The molecule has 0 aliphatic carbocycles. The van der Waals surface area contributed by atoms with Gasteiger partial charge >= 0.3 is 0 Å². The normalized spacial score (nSPS) is 15.4. The van der Waals surface area contributed by atoms with Crippen LogP contribution in [-0.2, 0) is 9.53 Å². The van der Waals surface area contributed by atoms with Crippen molar-refractivity contribution < 1.29 is 9.53 Å². The minimum absolute atomic E-state index is 0.220. The molecule has 0 N–H and O–H groups in total. The van der Waals surface area contributed by atoms with E-state index in [4.69, 9.17) is 4.74 Å². The molecule has 3 nitrogen and oxygen atoms in total. The minimum atomic E-state index is -0.220. The van der Waals surface area contributed by atoms with E-state index >= 15 is 0 Å². The van der Waals surface area contributed by atoms with Crippen LogP contribution >= 0.6 is 0 Å². The van der Waals surface area contributed by atoms with Crippen LogP contribution < -0.4 is 0 Å². The summed E-state index contributed by atoms with van der Waals surface area (Å²) in [6, 6.07) is 0. The van der Waals surface area contributed by atoms with Crippen LogP contribution in [0.2, 0.25) is 0 Å². The molecule has 0 amide bonds. The molecular weight excluding hydrogens is 202 g/mol. The summed E-state index contributed by atoms with van der Waals surface area (Å²) >= 11 is 0. The van der Waals surface area contributed by atoms with Gasteiger partial charge in [0, 0.05) is 32.2 Å². The smallest absolute Gasteiger partial charge is 0.127 e. The van der Waals surface area contributed by atoms with Gasteiger partial charge in [-0.15, -0.1) is 0 Å². The highest BCUT2D eigenvalue weighted by atomic mass is 16.5. The second-order valence-corrected chi connectivity index (χ2v) is 5.25. The molecule has 0 fully saturated rings. The molecule has 0 saturated heterocycles. The van der Waals surface area contributed by atoms with Crippen LogP contribution in [0.5, 0.6) is 0 Å². The second kappa shape index (κ2) is 7.80. The van der Waals surface area contributed by atoms with Gasteiger partial charge in [-0.1, -0.05) is 27.7 Å². The summed E-state index contributed by atoms with van der Waals surface area (Å²) in [7, 11) is 1.71. The number of ether oxygens (including phenoxy) is 1. The van der Waals surface area contributed by atoms with Crippen LogP contribution in [0.1, 0.15) is 34.1 Å². The Bertz CT molecular complexity index is 194. The monoisotopic (exact) mass is 229 g/mol. The van der Waals surface area contributed by atoms with E-state index in [-0.39, 0.29) is 5.41 Å². The van der Waals surface area contributed by atoms with E-state index < -0.39 is 0 Å². The van der Waals surface area contributed by atoms with Gasteiger partial charge in [-0.25, -0.2) is 0 Å². The standard InChI is InChI=1S/C13H27NO2/c1-6-13(4,11-15)10-14(7-8-16-5)9-12(2)3/h11-12H,6-10H2,1-5H3. The van der Waals surface area contributed by atoms with Crippen LogP contribution in [0, 0.1) is 11.3 Å². The zero-order valence-corrected chi connectivity index (χ0v) is 11.5. The topological polar surface area (TPSA) is 29.5 Å². The average molecular weight is 229 g/mol. The molecule has 16 heavy (non-hydrogen) atoms. The van der Waals surface area contributed by atoms with Crippen molar-refractivity contribution in [2.75, 3.05) is 33.4 Å². The Morgan fingerprint density at radius 1 is 1.44 bits per heavy atom. The first-order chi connectivity index (χ1) is 7.47. The van der Waals surface area contributed by atoms with E-state index in [9.17, 15) is 4.79 Å². The first-order valence-electron chi connectivity index (χ1n) is 6.15. The molecule has 3 heteroatoms. The third kappa shape index (κ3) is 6.23. The molecule has 1 unspecified atom stereocenters. The summed E-state index contributed by atoms with van der Waals surface area (Å²) in [5, 5.41) is 0. The number of methoxy groups -OCH3 is 1. The van der Waals surface area contributed by atoms with Gasteiger partial charge in [0.25, 0.3) is 0 Å². The van der Waals surface area contributed by atoms with E-state index in [1.165, 1.54) is 0 Å². The van der Waals surface area contributed by atoms with Crippen molar-refractivity contribution in [2.45, 2.75) is 34.1 Å². The van der Waals surface area contributed by atoms with Gasteiger partial charge in [-0.05, 0) is 12.3 Å². The zero-order valence-electron chi connectivity index (χ0n) is 11.5. The van der Waals surface area contributed by atoms with Crippen LogP contribution in [0.3, 0.4) is 0 Å². The average Bonchev–Trinajstić information content (AvgIpc) is 2.25. The summed E-state index contributed by atoms with van der Waals surface area (Å²) in [6.07, 6.45) is 1.98. The fraction of sp³-hybridized carbons (Fsp3) is 0.923. The first kappa shape index (κ1) is 15.6. The Morgan fingerprint density at radius 2 is 2.06 bits per heavy atom. The number of rotatable bonds is 9. The van der Waals surface area contributed by atoms with Crippen molar-refractivity contribution in [2.24, 2.45) is 11.3 Å². The molecular formula is C13H27NO2. The molecule has 0 aromatic carbocycles. The summed E-state index contributed by atoms with van der Waals surface area (Å²) in [6.45, 7) is 12.0. The highest BCUT2D eigenvalue weighted by Gasteiger charge is 2.24. The first-order valence-corrected chi connectivity index (χ1v) is 6.15. The second-order valence-electron chi connectivity index (χ2n) is 5.25. The maximum absolute atomic E-state index is 11.1. The maximum atomic E-state index is 11.1. The van der Waals surface area contributed by atoms with Crippen molar-refractivity contribution in [1.82, 2.24) is 4.90 Å². The third-order valence-corrected chi connectivity index (χ3v) is 2.91. The lowest BCUT2D eigenvalue weighted by Crippen LogP contribution is -2.40. The number of aldehydes is 1. The predicted molar refractivity (Wildman–Crippen MR) is 67.6 cm³/mol. The highest BCUT2D eigenvalue weighted by Crippen LogP contribution is 2.19. The Kier molecular flexibility index (Phi) is 7.60. The van der Waals surface area contributed by atoms with Crippen molar-refractivity contribution in [3.63, 3.8) is 0 Å². The minimum Gasteiger partial charge on any atom is -0.383 e. The van der Waals surface area contributed by atoms with Gasteiger partial charge in [0.15, 0.2) is 0 Å². The SMILES string of the molecule is CCC(C)(C=O)CN(CCOC)CC(C)C. The maximum Gasteiger partial charge on any atom is 0.127 e. The van der Waals surface area contributed by atoms with Gasteiger partial charge in [0.05, 0.1) is 6.61 Å². The number of hydrogen-bond donors (Lipinski definition) is 0. The fourth-order valence-electron chi connectivity index (χ4n) is 1.71. The molecule has 0 saturated carbocycles. The lowest BCUT2D eigenvalue weighted by molar-refractivity contribution is -0.116. The molecule has 96 valence electrons. The Morgan fingerprint density at radius 3 is 2.44 bits per heavy atom. The van der Waals surface area contributed by atoms with E-state index in [0.717, 1.165) is 38.9 Å². The molecule has 0 aliphatic heterocycles. The lowest BCUT2D eigenvalue weighted by Gasteiger charge is -2.31. The van der Waals surface area contributed by atoms with Gasteiger partial charge in [-0.3, -0.25) is 4.90 Å². The number of carbonyl (C=O) groups is 1. The summed E-state index contributed by atoms with van der Waals surface area (Å²) in [5.41, 5.74) is -0.220. The Hall–Kier alpha value is -0.410. The predicted octanol–water partition coefficient (Wildman–Crippen LogP) is 2.21. The molecule has 0 heterocycles. The fourth-order valence-corrected chi connectivity index (χ4v) is 1.71. The number of hydrogen-bond acceptors (Lipinski definition) is 3. The van der Waals surface area contributed by atoms with Crippen LogP contribution in [0.25, 0.3) is 0 Å². The van der Waals surface area contributed by atoms with E-state index in [1.54, 1.807) is 7.11 Å². The highest BCUT2D eigenvalue weighted by molar-refractivity contribution is 5.58. The van der Waals surface area contributed by atoms with Crippen LogP contribution in [0.15, 0.2) is 0 Å². The molecule has 0 aliphatic rings. The van der Waals surface area contributed by atoms with Crippen molar-refractivity contribution >= 4 is 6.29 Å². The number of nitrogens with zero attached hydrogens (tertiary/aromatic N) is 1. The molecule has 1 atom stereocenters. The van der Waals surface area contributed by atoms with E-state index in [0.29, 0.717) is 5.92 Å². The van der Waals surface area contributed by atoms with Crippen molar-refractivity contribution in [3.8, 4) is 0 Å². The van der Waals surface area contributed by atoms with Gasteiger partial charge in [0.2, 0.25) is 0 Å². The Balaban J connectivity index is 4.32. The summed E-state index contributed by atoms with van der Waals surface area (Å²) in [5.74, 6) is 0.615. The summed E-state index contributed by atoms with van der Waals surface area (Å²) in [4.78, 5) is 13.4. The van der Waals surface area contributed by atoms with Crippen molar-refractivity contribution in [3.05, 3.63) is 0 Å². The Labute approximate surface area is 100 Å². The molecule has 0 spiro atoms.